The molecule has 1 aromatic carbocycles. The molecule has 3 rings (SSSR count). The van der Waals surface area contributed by atoms with Crippen molar-refractivity contribution in [3.63, 3.8) is 0 Å². The molecular weight excluding hydrogens is 294 g/mol. The van der Waals surface area contributed by atoms with Crippen LogP contribution < -0.4 is 5.32 Å². The Balaban J connectivity index is 1.88. The highest BCUT2D eigenvalue weighted by Crippen LogP contribution is 2.29. The number of fused-ring (bicyclic) bond motifs is 1. The van der Waals surface area contributed by atoms with Gasteiger partial charge < -0.3 is 5.32 Å². The van der Waals surface area contributed by atoms with Gasteiger partial charge in [0.05, 0.1) is 10.2 Å². The molecule has 2 aromatic heterocycles. The smallest absolute Gasteiger partial charge is 0.240 e. The second-order valence-electron chi connectivity index (χ2n) is 4.10. The first-order valence-corrected chi connectivity index (χ1v) is 7.29. The molecule has 0 aliphatic heterocycles. The van der Waals surface area contributed by atoms with E-state index in [-0.39, 0.29) is 11.8 Å². The van der Waals surface area contributed by atoms with Crippen LogP contribution in [0.5, 0.6) is 0 Å². The number of aromatic nitrogens is 2. The Kier molecular flexibility index (Phi) is 3.62. The number of amides is 1. The third kappa shape index (κ3) is 2.64. The van der Waals surface area contributed by atoms with Gasteiger partial charge in [0.25, 0.3) is 0 Å². The largest absolute Gasteiger partial charge is 0.310 e. The van der Waals surface area contributed by atoms with Gasteiger partial charge in [-0.1, -0.05) is 12.1 Å². The average Bonchev–Trinajstić information content (AvgIpc) is 2.91. The molecule has 0 fully saturated rings. The van der Waals surface area contributed by atoms with Crippen LogP contribution in [0.1, 0.15) is 0 Å². The van der Waals surface area contributed by atoms with E-state index in [0.29, 0.717) is 5.82 Å². The molecule has 0 radical (unpaired) electrons. The molecule has 20 heavy (non-hydrogen) atoms. The van der Waals surface area contributed by atoms with Crippen molar-refractivity contribution in [2.24, 2.45) is 0 Å². The quantitative estimate of drug-likeness (QED) is 0.753. The lowest BCUT2D eigenvalue weighted by Crippen LogP contribution is -2.13. The SMILES string of the molecule is O=C(CCl)Nc1ccc(-c2nc3ccccc3s2)cn1. The predicted molar refractivity (Wildman–Crippen MR) is 82.2 cm³/mol. The van der Waals surface area contributed by atoms with Crippen molar-refractivity contribution in [3.05, 3.63) is 42.6 Å². The molecule has 1 N–H and O–H groups in total. The van der Waals surface area contributed by atoms with Crippen LogP contribution in [-0.2, 0) is 4.79 Å². The second kappa shape index (κ2) is 5.56. The van der Waals surface area contributed by atoms with Gasteiger partial charge in [0.1, 0.15) is 16.7 Å². The van der Waals surface area contributed by atoms with Gasteiger partial charge >= 0.3 is 0 Å². The Hall–Kier alpha value is -1.98. The first-order chi connectivity index (χ1) is 9.76. The summed E-state index contributed by atoms with van der Waals surface area (Å²) >= 11 is 7.04. The fourth-order valence-corrected chi connectivity index (χ4v) is 2.79. The van der Waals surface area contributed by atoms with Crippen LogP contribution in [0.4, 0.5) is 5.82 Å². The van der Waals surface area contributed by atoms with Crippen LogP contribution >= 0.6 is 22.9 Å². The van der Waals surface area contributed by atoms with Crippen molar-refractivity contribution < 1.29 is 4.79 Å². The van der Waals surface area contributed by atoms with Gasteiger partial charge in [-0.05, 0) is 24.3 Å². The summed E-state index contributed by atoms with van der Waals surface area (Å²) in [6.07, 6.45) is 1.70. The van der Waals surface area contributed by atoms with Crippen LogP contribution in [0.15, 0.2) is 42.6 Å². The number of nitrogens with zero attached hydrogens (tertiary/aromatic N) is 2. The standard InChI is InChI=1S/C14H10ClN3OS/c15-7-13(19)18-12-6-5-9(8-16-12)14-17-10-3-1-2-4-11(10)20-14/h1-6,8H,7H2,(H,16,18,19). The number of alkyl halides is 1. The van der Waals surface area contributed by atoms with Gasteiger partial charge in [0.15, 0.2) is 0 Å². The van der Waals surface area contributed by atoms with Gasteiger partial charge in [0.2, 0.25) is 5.91 Å². The number of halogens is 1. The van der Waals surface area contributed by atoms with Gasteiger partial charge in [-0.2, -0.15) is 0 Å². The predicted octanol–water partition coefficient (Wildman–Crippen LogP) is 3.54. The number of thiazole rings is 1. The Morgan fingerprint density at radius 2 is 2.10 bits per heavy atom. The van der Waals surface area contributed by atoms with Crippen molar-refractivity contribution in [1.29, 1.82) is 0 Å². The Morgan fingerprint density at radius 3 is 2.80 bits per heavy atom. The molecule has 4 nitrogen and oxygen atoms in total. The minimum Gasteiger partial charge on any atom is -0.310 e. The number of benzene rings is 1. The molecule has 100 valence electrons. The van der Waals surface area contributed by atoms with E-state index < -0.39 is 0 Å². The zero-order valence-electron chi connectivity index (χ0n) is 10.3. The third-order valence-corrected chi connectivity index (χ3v) is 4.02. The molecule has 0 bridgehead atoms. The highest BCUT2D eigenvalue weighted by Gasteiger charge is 2.07. The summed E-state index contributed by atoms with van der Waals surface area (Å²) in [5.41, 5.74) is 1.90. The number of anilines is 1. The Morgan fingerprint density at radius 1 is 1.25 bits per heavy atom. The minimum atomic E-state index is -0.271. The number of pyridine rings is 1. The van der Waals surface area contributed by atoms with Crippen LogP contribution in [0.25, 0.3) is 20.8 Å². The van der Waals surface area contributed by atoms with E-state index in [1.54, 1.807) is 23.6 Å². The summed E-state index contributed by atoms with van der Waals surface area (Å²) in [6.45, 7) is 0. The monoisotopic (exact) mass is 303 g/mol. The average molecular weight is 304 g/mol. The molecular formula is C14H10ClN3OS. The van der Waals surface area contributed by atoms with E-state index in [4.69, 9.17) is 11.6 Å². The minimum absolute atomic E-state index is 0.0820. The van der Waals surface area contributed by atoms with Crippen LogP contribution in [0.3, 0.4) is 0 Å². The molecule has 1 amide bonds. The Bertz CT molecular complexity index is 721. The highest BCUT2D eigenvalue weighted by molar-refractivity contribution is 7.21. The van der Waals surface area contributed by atoms with E-state index >= 15 is 0 Å². The van der Waals surface area contributed by atoms with Gasteiger partial charge in [-0.15, -0.1) is 22.9 Å². The summed E-state index contributed by atoms with van der Waals surface area (Å²) in [7, 11) is 0. The van der Waals surface area contributed by atoms with Crippen LogP contribution in [0.2, 0.25) is 0 Å². The molecule has 0 saturated carbocycles. The Labute approximate surface area is 124 Å². The number of hydrogen-bond donors (Lipinski definition) is 1. The molecule has 2 heterocycles. The lowest BCUT2D eigenvalue weighted by atomic mass is 10.3. The topological polar surface area (TPSA) is 54.9 Å². The number of rotatable bonds is 3. The van der Waals surface area contributed by atoms with Gasteiger partial charge in [-0.25, -0.2) is 9.97 Å². The van der Waals surface area contributed by atoms with E-state index in [0.717, 1.165) is 20.8 Å². The first kappa shape index (κ1) is 13.0. The van der Waals surface area contributed by atoms with Crippen molar-refractivity contribution in [3.8, 4) is 10.6 Å². The van der Waals surface area contributed by atoms with E-state index in [9.17, 15) is 4.79 Å². The normalized spacial score (nSPS) is 10.7. The zero-order valence-corrected chi connectivity index (χ0v) is 11.9. The molecule has 0 atom stereocenters. The second-order valence-corrected chi connectivity index (χ2v) is 5.40. The van der Waals surface area contributed by atoms with E-state index in [2.05, 4.69) is 15.3 Å². The highest BCUT2D eigenvalue weighted by atomic mass is 35.5. The number of nitrogens with one attached hydrogen (secondary N) is 1. The van der Waals surface area contributed by atoms with Crippen molar-refractivity contribution >= 4 is 44.9 Å². The van der Waals surface area contributed by atoms with Crippen LogP contribution in [-0.4, -0.2) is 21.8 Å². The number of carbonyl (C=O) groups is 1. The van der Waals surface area contributed by atoms with Crippen molar-refractivity contribution in [2.75, 3.05) is 11.2 Å². The number of carbonyl (C=O) groups excluding carboxylic acids is 1. The molecule has 6 heteroatoms. The third-order valence-electron chi connectivity index (χ3n) is 2.69. The van der Waals surface area contributed by atoms with Crippen LogP contribution in [0, 0.1) is 0 Å². The molecule has 0 unspecified atom stereocenters. The van der Waals surface area contributed by atoms with Gasteiger partial charge in [0, 0.05) is 11.8 Å². The summed E-state index contributed by atoms with van der Waals surface area (Å²) in [5.74, 6) is 0.133. The zero-order chi connectivity index (χ0) is 13.9. The number of para-hydroxylation sites is 1. The fourth-order valence-electron chi connectivity index (χ4n) is 1.77. The maximum absolute atomic E-state index is 11.2. The lowest BCUT2D eigenvalue weighted by molar-refractivity contribution is -0.113. The van der Waals surface area contributed by atoms with Crippen molar-refractivity contribution in [1.82, 2.24) is 9.97 Å². The molecule has 3 aromatic rings. The fraction of sp³-hybridized carbons (Fsp3) is 0.0714. The molecule has 0 saturated heterocycles. The van der Waals surface area contributed by atoms with E-state index in [1.165, 1.54) is 0 Å². The molecule has 0 aliphatic rings. The van der Waals surface area contributed by atoms with Gasteiger partial charge in [-0.3, -0.25) is 4.79 Å². The van der Waals surface area contributed by atoms with Crippen molar-refractivity contribution in [2.45, 2.75) is 0 Å². The maximum Gasteiger partial charge on any atom is 0.240 e. The summed E-state index contributed by atoms with van der Waals surface area (Å²) in [5, 5.41) is 3.51. The maximum atomic E-state index is 11.2. The van der Waals surface area contributed by atoms with E-state index in [1.807, 2.05) is 30.3 Å². The lowest BCUT2D eigenvalue weighted by Gasteiger charge is -2.02. The summed E-state index contributed by atoms with van der Waals surface area (Å²) in [6, 6.07) is 11.6. The number of hydrogen-bond acceptors (Lipinski definition) is 4. The summed E-state index contributed by atoms with van der Waals surface area (Å²) in [4.78, 5) is 19.9. The first-order valence-electron chi connectivity index (χ1n) is 5.94. The molecule has 0 spiro atoms. The summed E-state index contributed by atoms with van der Waals surface area (Å²) < 4.78 is 1.14. The molecule has 0 aliphatic carbocycles.